The number of aliphatic carboxylic acids is 1. The summed E-state index contributed by atoms with van der Waals surface area (Å²) < 4.78 is 4.48. The van der Waals surface area contributed by atoms with Gasteiger partial charge in [-0.25, -0.2) is 4.79 Å². The number of carbonyl (C=O) groups excluding carboxylic acids is 2. The number of ether oxygens (including phenoxy) is 1. The first kappa shape index (κ1) is 15.8. The number of carboxylic acid groups (broad SMARTS) is 1. The summed E-state index contributed by atoms with van der Waals surface area (Å²) in [4.78, 5) is 31.5. The SMILES string of the molecule is COC(=O)CCCSCCC(NC=O)C(=O)O. The molecule has 0 aliphatic rings. The predicted octanol–water partition coefficient (Wildman–Crippen LogP) is 0.262. The van der Waals surface area contributed by atoms with E-state index in [1.807, 2.05) is 0 Å². The fourth-order valence-corrected chi connectivity index (χ4v) is 2.04. The molecule has 0 spiro atoms. The van der Waals surface area contributed by atoms with Crippen molar-refractivity contribution in [2.24, 2.45) is 0 Å². The van der Waals surface area contributed by atoms with E-state index in [1.54, 1.807) is 11.8 Å². The molecule has 17 heavy (non-hydrogen) atoms. The first-order chi connectivity index (χ1) is 8.11. The average molecular weight is 263 g/mol. The lowest BCUT2D eigenvalue weighted by atomic mass is 10.2. The zero-order valence-corrected chi connectivity index (χ0v) is 10.5. The Morgan fingerprint density at radius 1 is 1.47 bits per heavy atom. The van der Waals surface area contributed by atoms with E-state index in [4.69, 9.17) is 5.11 Å². The molecule has 0 fully saturated rings. The highest BCUT2D eigenvalue weighted by atomic mass is 32.2. The number of hydrogen-bond donors (Lipinski definition) is 2. The van der Waals surface area contributed by atoms with Gasteiger partial charge in [-0.15, -0.1) is 0 Å². The average Bonchev–Trinajstić information content (AvgIpc) is 2.31. The molecule has 7 heteroatoms. The highest BCUT2D eigenvalue weighted by Crippen LogP contribution is 2.08. The molecule has 0 radical (unpaired) electrons. The Balaban J connectivity index is 3.51. The third-order valence-electron chi connectivity index (χ3n) is 2.02. The predicted molar refractivity (Wildman–Crippen MR) is 63.8 cm³/mol. The third-order valence-corrected chi connectivity index (χ3v) is 3.12. The van der Waals surface area contributed by atoms with Gasteiger partial charge >= 0.3 is 11.9 Å². The lowest BCUT2D eigenvalue weighted by molar-refractivity contribution is -0.141. The lowest BCUT2D eigenvalue weighted by Crippen LogP contribution is -2.36. The van der Waals surface area contributed by atoms with Gasteiger partial charge < -0.3 is 15.2 Å². The Labute approximate surface area is 104 Å². The molecule has 0 saturated carbocycles. The van der Waals surface area contributed by atoms with Crippen LogP contribution in [0.25, 0.3) is 0 Å². The summed E-state index contributed by atoms with van der Waals surface area (Å²) in [5, 5.41) is 11.0. The Kier molecular flexibility index (Phi) is 9.22. The topological polar surface area (TPSA) is 92.7 Å². The van der Waals surface area contributed by atoms with Crippen LogP contribution in [-0.2, 0) is 19.1 Å². The molecule has 6 nitrogen and oxygen atoms in total. The summed E-state index contributed by atoms with van der Waals surface area (Å²) in [6.07, 6.45) is 1.84. The van der Waals surface area contributed by atoms with E-state index in [0.29, 0.717) is 31.4 Å². The van der Waals surface area contributed by atoms with Crippen LogP contribution in [0.4, 0.5) is 0 Å². The first-order valence-corrected chi connectivity index (χ1v) is 6.34. The van der Waals surface area contributed by atoms with Crippen molar-refractivity contribution in [1.29, 1.82) is 0 Å². The number of carboxylic acids is 1. The van der Waals surface area contributed by atoms with Crippen LogP contribution in [0.1, 0.15) is 19.3 Å². The van der Waals surface area contributed by atoms with E-state index >= 15 is 0 Å². The van der Waals surface area contributed by atoms with Crippen molar-refractivity contribution in [1.82, 2.24) is 5.32 Å². The summed E-state index contributed by atoms with van der Waals surface area (Å²) in [5.74, 6) is 0.116. The molecule has 0 aliphatic carbocycles. The van der Waals surface area contributed by atoms with E-state index in [0.717, 1.165) is 5.75 Å². The Bertz CT molecular complexity index is 259. The molecular formula is C10H17NO5S. The van der Waals surface area contributed by atoms with E-state index < -0.39 is 12.0 Å². The first-order valence-electron chi connectivity index (χ1n) is 5.19. The molecule has 0 saturated heterocycles. The fourth-order valence-electron chi connectivity index (χ4n) is 1.08. The molecule has 2 N–H and O–H groups in total. The second-order valence-electron chi connectivity index (χ2n) is 3.26. The normalized spacial score (nSPS) is 11.6. The minimum Gasteiger partial charge on any atom is -0.480 e. The van der Waals surface area contributed by atoms with E-state index in [-0.39, 0.29) is 5.97 Å². The van der Waals surface area contributed by atoms with Crippen LogP contribution in [-0.4, -0.2) is 48.1 Å². The zero-order valence-electron chi connectivity index (χ0n) is 9.68. The van der Waals surface area contributed by atoms with Crippen LogP contribution in [0.3, 0.4) is 0 Å². The molecule has 0 aliphatic heterocycles. The van der Waals surface area contributed by atoms with Gasteiger partial charge in [-0.3, -0.25) is 9.59 Å². The van der Waals surface area contributed by atoms with Gasteiger partial charge in [0.15, 0.2) is 0 Å². The number of esters is 1. The quantitative estimate of drug-likeness (QED) is 0.334. The maximum absolute atomic E-state index is 10.8. The van der Waals surface area contributed by atoms with E-state index in [1.165, 1.54) is 7.11 Å². The fraction of sp³-hybridized carbons (Fsp3) is 0.700. The maximum Gasteiger partial charge on any atom is 0.326 e. The molecular weight excluding hydrogens is 246 g/mol. The molecule has 0 aromatic heterocycles. The molecule has 0 aromatic rings. The summed E-state index contributed by atoms with van der Waals surface area (Å²) in [6.45, 7) is 0. The minimum atomic E-state index is -1.03. The summed E-state index contributed by atoms with van der Waals surface area (Å²) in [5.41, 5.74) is 0. The molecule has 1 atom stereocenters. The highest BCUT2D eigenvalue weighted by Gasteiger charge is 2.15. The number of amides is 1. The molecule has 1 amide bonds. The monoisotopic (exact) mass is 263 g/mol. The van der Waals surface area contributed by atoms with Crippen molar-refractivity contribution < 1.29 is 24.2 Å². The van der Waals surface area contributed by atoms with Crippen molar-refractivity contribution in [3.05, 3.63) is 0 Å². The van der Waals surface area contributed by atoms with Gasteiger partial charge in [0, 0.05) is 6.42 Å². The second kappa shape index (κ2) is 9.95. The van der Waals surface area contributed by atoms with Gasteiger partial charge in [0.2, 0.25) is 6.41 Å². The highest BCUT2D eigenvalue weighted by molar-refractivity contribution is 7.99. The van der Waals surface area contributed by atoms with Crippen LogP contribution >= 0.6 is 11.8 Å². The standard InChI is InChI=1S/C10H17NO5S/c1-16-9(13)3-2-5-17-6-4-8(10(14)15)11-7-12/h7-8H,2-6H2,1H3,(H,11,12)(H,14,15). The van der Waals surface area contributed by atoms with Gasteiger partial charge in [0.1, 0.15) is 6.04 Å². The number of rotatable bonds is 10. The van der Waals surface area contributed by atoms with Gasteiger partial charge in [-0.05, 0) is 24.3 Å². The number of nitrogens with one attached hydrogen (secondary N) is 1. The van der Waals surface area contributed by atoms with Crippen LogP contribution in [0, 0.1) is 0 Å². The smallest absolute Gasteiger partial charge is 0.326 e. The summed E-state index contributed by atoms with van der Waals surface area (Å²) >= 11 is 1.55. The van der Waals surface area contributed by atoms with E-state index in [2.05, 4.69) is 10.1 Å². The van der Waals surface area contributed by atoms with Crippen molar-refractivity contribution in [2.75, 3.05) is 18.6 Å². The molecule has 0 bridgehead atoms. The minimum absolute atomic E-state index is 0.239. The van der Waals surface area contributed by atoms with Gasteiger partial charge in [0.25, 0.3) is 0 Å². The third kappa shape index (κ3) is 8.56. The van der Waals surface area contributed by atoms with Gasteiger partial charge in [-0.2, -0.15) is 11.8 Å². The summed E-state index contributed by atoms with van der Waals surface area (Å²) in [6, 6.07) is -0.833. The van der Waals surface area contributed by atoms with Crippen LogP contribution in [0.15, 0.2) is 0 Å². The van der Waals surface area contributed by atoms with Crippen LogP contribution < -0.4 is 5.32 Å². The molecule has 0 heterocycles. The van der Waals surface area contributed by atoms with E-state index in [9.17, 15) is 14.4 Å². The van der Waals surface area contributed by atoms with Crippen LogP contribution in [0.2, 0.25) is 0 Å². The Morgan fingerprint density at radius 2 is 2.18 bits per heavy atom. The number of hydrogen-bond acceptors (Lipinski definition) is 5. The van der Waals surface area contributed by atoms with Crippen LogP contribution in [0.5, 0.6) is 0 Å². The molecule has 98 valence electrons. The second-order valence-corrected chi connectivity index (χ2v) is 4.48. The van der Waals surface area contributed by atoms with Crippen molar-refractivity contribution >= 4 is 30.1 Å². The maximum atomic E-state index is 10.8. The molecule has 0 aromatic carbocycles. The number of methoxy groups -OCH3 is 1. The Morgan fingerprint density at radius 3 is 2.71 bits per heavy atom. The Hall–Kier alpha value is -1.24. The molecule has 1 unspecified atom stereocenters. The van der Waals surface area contributed by atoms with Crippen molar-refractivity contribution in [2.45, 2.75) is 25.3 Å². The van der Waals surface area contributed by atoms with Gasteiger partial charge in [-0.1, -0.05) is 0 Å². The lowest BCUT2D eigenvalue weighted by Gasteiger charge is -2.10. The summed E-state index contributed by atoms with van der Waals surface area (Å²) in [7, 11) is 1.35. The largest absolute Gasteiger partial charge is 0.480 e. The molecule has 0 rings (SSSR count). The van der Waals surface area contributed by atoms with Crippen molar-refractivity contribution in [3.63, 3.8) is 0 Å². The van der Waals surface area contributed by atoms with Crippen molar-refractivity contribution in [3.8, 4) is 0 Å². The zero-order chi connectivity index (χ0) is 13.1. The number of carbonyl (C=O) groups is 3. The van der Waals surface area contributed by atoms with Gasteiger partial charge in [0.05, 0.1) is 7.11 Å². The number of thioether (sulfide) groups is 1.